The first kappa shape index (κ1) is 15.4. The maximum atomic E-state index is 2.45. The van der Waals surface area contributed by atoms with E-state index in [1.807, 2.05) is 27.7 Å². The molecule has 0 N–H and O–H groups in total. The van der Waals surface area contributed by atoms with Gasteiger partial charge in [-0.05, 0) is 40.3 Å². The maximum absolute atomic E-state index is 2.45. The highest BCUT2D eigenvalue weighted by molar-refractivity contribution is 4.82. The second-order valence-electron chi connectivity index (χ2n) is 3.69. The molecule has 0 atom stereocenters. The summed E-state index contributed by atoms with van der Waals surface area (Å²) in [5.41, 5.74) is 0.470. The van der Waals surface area contributed by atoms with Crippen molar-refractivity contribution in [1.82, 2.24) is 4.90 Å². The zero-order valence-corrected chi connectivity index (χ0v) is 10.8. The van der Waals surface area contributed by atoms with Crippen molar-refractivity contribution in [1.29, 1.82) is 0 Å². The smallest absolute Gasteiger partial charge is 0.0150 e. The Hall–Kier alpha value is -0.0400. The summed E-state index contributed by atoms with van der Waals surface area (Å²) >= 11 is 0. The van der Waals surface area contributed by atoms with Gasteiger partial charge in [0.05, 0.1) is 0 Å². The second kappa shape index (κ2) is 8.55. The molecule has 1 nitrogen and oxygen atoms in total. The largest absolute Gasteiger partial charge is 0.301 e. The molecule has 1 fully saturated rings. The van der Waals surface area contributed by atoms with E-state index >= 15 is 0 Å². The predicted octanol–water partition coefficient (Wildman–Crippen LogP) is 3.93. The fourth-order valence-electron chi connectivity index (χ4n) is 1.40. The van der Waals surface area contributed by atoms with E-state index in [1.54, 1.807) is 0 Å². The van der Waals surface area contributed by atoms with E-state index in [2.05, 4.69) is 25.8 Å². The van der Waals surface area contributed by atoms with Crippen molar-refractivity contribution in [2.24, 2.45) is 0 Å². The number of likely N-dealkylation sites (tertiary alicyclic amines) is 1. The first-order valence-corrected chi connectivity index (χ1v) is 5.84. The number of nitrogens with zero attached hydrogens (tertiary/aromatic N) is 1. The summed E-state index contributed by atoms with van der Waals surface area (Å²) < 4.78 is 0. The summed E-state index contributed by atoms with van der Waals surface area (Å²) in [6.07, 6.45) is 4.17. The van der Waals surface area contributed by atoms with Gasteiger partial charge in [-0.1, -0.05) is 34.1 Å². The van der Waals surface area contributed by atoms with Crippen LogP contribution in [0.1, 0.15) is 60.8 Å². The molecule has 0 saturated carbocycles. The Bertz CT molecular complexity index is 97.3. The molecule has 1 aliphatic heterocycles. The van der Waals surface area contributed by atoms with Crippen molar-refractivity contribution in [2.75, 3.05) is 13.6 Å². The van der Waals surface area contributed by atoms with Crippen molar-refractivity contribution >= 4 is 0 Å². The Morgan fingerprint density at radius 1 is 0.923 bits per heavy atom. The van der Waals surface area contributed by atoms with Gasteiger partial charge in [0.25, 0.3) is 0 Å². The third-order valence-corrected chi connectivity index (χ3v) is 2.57. The quantitative estimate of drug-likeness (QED) is 0.555. The maximum Gasteiger partial charge on any atom is 0.0150 e. The summed E-state index contributed by atoms with van der Waals surface area (Å²) in [4.78, 5) is 2.45. The average Bonchev–Trinajstić information content (AvgIpc) is 2.17. The molecule has 1 heteroatoms. The molecule has 1 heterocycles. The molecule has 82 valence electrons. The van der Waals surface area contributed by atoms with Crippen LogP contribution in [0.25, 0.3) is 0 Å². The lowest BCUT2D eigenvalue weighted by molar-refractivity contribution is 0.108. The van der Waals surface area contributed by atoms with Crippen molar-refractivity contribution in [3.8, 4) is 0 Å². The van der Waals surface area contributed by atoms with Gasteiger partial charge in [-0.15, -0.1) is 0 Å². The summed E-state index contributed by atoms with van der Waals surface area (Å²) in [6, 6.07) is 0. The van der Waals surface area contributed by atoms with Gasteiger partial charge in [0.1, 0.15) is 0 Å². The van der Waals surface area contributed by atoms with Crippen LogP contribution in [-0.4, -0.2) is 24.0 Å². The fourth-order valence-corrected chi connectivity index (χ4v) is 1.40. The van der Waals surface area contributed by atoms with Gasteiger partial charge < -0.3 is 4.90 Å². The van der Waals surface area contributed by atoms with E-state index in [-0.39, 0.29) is 0 Å². The molecular weight excluding hydrogens is 158 g/mol. The molecule has 0 aromatic rings. The molecule has 1 aliphatic rings. The zero-order valence-electron chi connectivity index (χ0n) is 10.8. The standard InChI is InChI=1S/C8H17N.2C2H6/c1-8(2)6-4-5-7-9(8)3;2*1-2/h4-7H2,1-3H3;2*1-2H3. The molecule has 0 bridgehead atoms. The molecule has 13 heavy (non-hydrogen) atoms. The normalized spacial score (nSPS) is 20.5. The SMILES string of the molecule is CC.CC.CN1CCCCC1(C)C. The average molecular weight is 187 g/mol. The minimum absolute atomic E-state index is 0.470. The van der Waals surface area contributed by atoms with Gasteiger partial charge in [-0.3, -0.25) is 0 Å². The van der Waals surface area contributed by atoms with Crippen molar-refractivity contribution in [2.45, 2.75) is 66.3 Å². The summed E-state index contributed by atoms with van der Waals surface area (Å²) in [7, 11) is 2.22. The van der Waals surface area contributed by atoms with E-state index in [1.165, 1.54) is 25.8 Å². The van der Waals surface area contributed by atoms with Gasteiger partial charge in [-0.2, -0.15) is 0 Å². The van der Waals surface area contributed by atoms with Crippen molar-refractivity contribution in [3.63, 3.8) is 0 Å². The Morgan fingerprint density at radius 3 is 1.62 bits per heavy atom. The van der Waals surface area contributed by atoms with Crippen LogP contribution in [0, 0.1) is 0 Å². The fraction of sp³-hybridized carbons (Fsp3) is 1.00. The van der Waals surface area contributed by atoms with E-state index in [0.29, 0.717) is 5.54 Å². The van der Waals surface area contributed by atoms with Gasteiger partial charge in [-0.25, -0.2) is 0 Å². The first-order chi connectivity index (χ1) is 6.13. The molecule has 0 aliphatic carbocycles. The minimum Gasteiger partial charge on any atom is -0.301 e. The summed E-state index contributed by atoms with van der Waals surface area (Å²) in [5.74, 6) is 0. The Kier molecular flexibility index (Phi) is 10.2. The number of hydrogen-bond donors (Lipinski definition) is 0. The highest BCUT2D eigenvalue weighted by Crippen LogP contribution is 2.24. The molecule has 1 saturated heterocycles. The summed E-state index contributed by atoms with van der Waals surface area (Å²) in [6.45, 7) is 13.9. The van der Waals surface area contributed by atoms with E-state index < -0.39 is 0 Å². The van der Waals surface area contributed by atoms with Crippen LogP contribution in [0.15, 0.2) is 0 Å². The highest BCUT2D eigenvalue weighted by atomic mass is 15.2. The molecule has 0 aromatic carbocycles. The molecule has 0 unspecified atom stereocenters. The van der Waals surface area contributed by atoms with Crippen molar-refractivity contribution < 1.29 is 0 Å². The second-order valence-corrected chi connectivity index (χ2v) is 3.69. The number of hydrogen-bond acceptors (Lipinski definition) is 1. The zero-order chi connectivity index (χ0) is 10.9. The van der Waals surface area contributed by atoms with Gasteiger partial charge >= 0.3 is 0 Å². The van der Waals surface area contributed by atoms with Crippen LogP contribution in [0.2, 0.25) is 0 Å². The molecule has 0 radical (unpaired) electrons. The van der Waals surface area contributed by atoms with Crippen LogP contribution in [0.5, 0.6) is 0 Å². The molecular formula is C12H29N. The van der Waals surface area contributed by atoms with E-state index in [0.717, 1.165) is 0 Å². The molecule has 0 spiro atoms. The molecule has 1 rings (SSSR count). The number of piperidine rings is 1. The van der Waals surface area contributed by atoms with Crippen LogP contribution in [0.4, 0.5) is 0 Å². The Labute approximate surface area is 85.5 Å². The molecule has 0 aromatic heterocycles. The van der Waals surface area contributed by atoms with Crippen LogP contribution in [-0.2, 0) is 0 Å². The van der Waals surface area contributed by atoms with E-state index in [4.69, 9.17) is 0 Å². The van der Waals surface area contributed by atoms with E-state index in [9.17, 15) is 0 Å². The first-order valence-electron chi connectivity index (χ1n) is 5.84. The Balaban J connectivity index is 0. The van der Waals surface area contributed by atoms with Gasteiger partial charge in [0.15, 0.2) is 0 Å². The molecule has 0 amide bonds. The summed E-state index contributed by atoms with van der Waals surface area (Å²) in [5, 5.41) is 0. The van der Waals surface area contributed by atoms with Crippen LogP contribution in [0.3, 0.4) is 0 Å². The Morgan fingerprint density at radius 2 is 1.38 bits per heavy atom. The van der Waals surface area contributed by atoms with Crippen LogP contribution < -0.4 is 0 Å². The third kappa shape index (κ3) is 6.09. The lowest BCUT2D eigenvalue weighted by Gasteiger charge is -2.39. The lowest BCUT2D eigenvalue weighted by Crippen LogP contribution is -2.44. The predicted molar refractivity (Wildman–Crippen MR) is 63.3 cm³/mol. The highest BCUT2D eigenvalue weighted by Gasteiger charge is 2.25. The topological polar surface area (TPSA) is 3.24 Å². The number of rotatable bonds is 0. The minimum atomic E-state index is 0.470. The van der Waals surface area contributed by atoms with Crippen molar-refractivity contribution in [3.05, 3.63) is 0 Å². The third-order valence-electron chi connectivity index (χ3n) is 2.57. The van der Waals surface area contributed by atoms with Gasteiger partial charge in [0.2, 0.25) is 0 Å². The lowest BCUT2D eigenvalue weighted by atomic mass is 9.91. The van der Waals surface area contributed by atoms with Crippen LogP contribution >= 0.6 is 0 Å². The van der Waals surface area contributed by atoms with Gasteiger partial charge in [0, 0.05) is 5.54 Å². The monoisotopic (exact) mass is 187 g/mol.